The number of ketones is 1. The summed E-state index contributed by atoms with van der Waals surface area (Å²) in [6.07, 6.45) is 6.39. The minimum absolute atomic E-state index is 0.138. The molecule has 0 heterocycles. The zero-order chi connectivity index (χ0) is 20.6. The second-order valence-electron chi connectivity index (χ2n) is 6.56. The van der Waals surface area contributed by atoms with E-state index in [-0.39, 0.29) is 5.78 Å². The van der Waals surface area contributed by atoms with Gasteiger partial charge in [-0.1, -0.05) is 83.4 Å². The first-order valence-corrected chi connectivity index (χ1v) is 9.89. The van der Waals surface area contributed by atoms with Crippen molar-refractivity contribution in [1.29, 1.82) is 0 Å². The lowest BCUT2D eigenvalue weighted by Gasteiger charge is -2.06. The first-order chi connectivity index (χ1) is 14.0. The molecule has 3 rings (SSSR count). The van der Waals surface area contributed by atoms with Gasteiger partial charge in [-0.3, -0.25) is 4.79 Å². The Balaban J connectivity index is 1.55. The fraction of sp³-hybridized carbons (Fsp3) is 0.0800. The minimum atomic E-state index is -0.138. The van der Waals surface area contributed by atoms with E-state index in [1.807, 2.05) is 24.3 Å². The number of aryl methyl sites for hydroxylation is 1. The summed E-state index contributed by atoms with van der Waals surface area (Å²) < 4.78 is 5.80. The molecule has 3 aromatic rings. The van der Waals surface area contributed by atoms with Gasteiger partial charge in [0.15, 0.2) is 5.78 Å². The highest BCUT2D eigenvalue weighted by molar-refractivity contribution is 6.42. The van der Waals surface area contributed by atoms with Crippen molar-refractivity contribution in [2.75, 3.05) is 0 Å². The third-order valence-corrected chi connectivity index (χ3v) is 5.09. The summed E-state index contributed by atoms with van der Waals surface area (Å²) in [7, 11) is 0. The van der Waals surface area contributed by atoms with Crippen molar-refractivity contribution < 1.29 is 9.53 Å². The van der Waals surface area contributed by atoms with Crippen molar-refractivity contribution >= 4 is 41.1 Å². The summed E-state index contributed by atoms with van der Waals surface area (Å²) in [5, 5.41) is 0.893. The van der Waals surface area contributed by atoms with Crippen molar-refractivity contribution in [3.8, 4) is 5.75 Å². The fourth-order valence-electron chi connectivity index (χ4n) is 2.58. The zero-order valence-electron chi connectivity index (χ0n) is 15.9. The fourth-order valence-corrected chi connectivity index (χ4v) is 2.95. The quantitative estimate of drug-likeness (QED) is 0.377. The van der Waals surface area contributed by atoms with Gasteiger partial charge in [0.1, 0.15) is 12.4 Å². The number of allylic oxidation sites excluding steroid dienone is 2. The molecule has 4 heteroatoms. The Morgan fingerprint density at radius 3 is 2.31 bits per heavy atom. The van der Waals surface area contributed by atoms with Crippen LogP contribution in [0.2, 0.25) is 10.0 Å². The van der Waals surface area contributed by atoms with Crippen LogP contribution in [-0.4, -0.2) is 5.78 Å². The predicted octanol–water partition coefficient (Wildman–Crippen LogP) is 7.18. The van der Waals surface area contributed by atoms with Crippen LogP contribution in [0.1, 0.15) is 22.3 Å². The Morgan fingerprint density at radius 2 is 1.59 bits per heavy atom. The summed E-state index contributed by atoms with van der Waals surface area (Å²) in [4.78, 5) is 12.1. The van der Waals surface area contributed by atoms with Gasteiger partial charge in [0, 0.05) is 0 Å². The van der Waals surface area contributed by atoms with Gasteiger partial charge >= 0.3 is 0 Å². The van der Waals surface area contributed by atoms with Gasteiger partial charge in [-0.2, -0.15) is 0 Å². The standard InChI is InChI=1S/C25H20Cl2O2/c1-18-5-7-20(8-6-18)17-29-23-15-10-19(11-16-23)9-13-22(28)14-12-21-3-2-4-24(26)25(21)27/h2-16H,17H2,1H3/b13-9+,14-12+. The molecule has 146 valence electrons. The molecular weight excluding hydrogens is 403 g/mol. The number of halogens is 2. The molecule has 0 spiro atoms. The first kappa shape index (κ1) is 20.9. The van der Waals surface area contributed by atoms with E-state index in [9.17, 15) is 4.79 Å². The molecule has 0 aromatic heterocycles. The molecular formula is C25H20Cl2O2. The Labute approximate surface area is 181 Å². The molecule has 29 heavy (non-hydrogen) atoms. The van der Waals surface area contributed by atoms with E-state index in [2.05, 4.69) is 31.2 Å². The van der Waals surface area contributed by atoms with Crippen LogP contribution in [0.15, 0.2) is 78.9 Å². The first-order valence-electron chi connectivity index (χ1n) is 9.14. The summed E-state index contributed by atoms with van der Waals surface area (Å²) in [5.41, 5.74) is 3.97. The van der Waals surface area contributed by atoms with Gasteiger partial charge in [0.25, 0.3) is 0 Å². The Kier molecular flexibility index (Phi) is 7.29. The summed E-state index contributed by atoms with van der Waals surface area (Å²) >= 11 is 12.1. The molecule has 0 aliphatic rings. The Hall–Kier alpha value is -2.81. The minimum Gasteiger partial charge on any atom is -0.489 e. The SMILES string of the molecule is Cc1ccc(COc2ccc(/C=C/C(=O)/C=C/c3cccc(Cl)c3Cl)cc2)cc1. The average Bonchev–Trinajstić information content (AvgIpc) is 2.73. The van der Waals surface area contributed by atoms with E-state index in [1.165, 1.54) is 17.7 Å². The molecule has 0 fully saturated rings. The van der Waals surface area contributed by atoms with Crippen molar-refractivity contribution in [3.05, 3.63) is 111 Å². The van der Waals surface area contributed by atoms with Crippen LogP contribution in [0, 0.1) is 6.92 Å². The lowest BCUT2D eigenvalue weighted by molar-refractivity contribution is -0.110. The Morgan fingerprint density at radius 1 is 0.897 bits per heavy atom. The van der Waals surface area contributed by atoms with Gasteiger partial charge in [-0.15, -0.1) is 0 Å². The molecule has 0 aliphatic heterocycles. The average molecular weight is 423 g/mol. The van der Waals surface area contributed by atoms with E-state index in [4.69, 9.17) is 27.9 Å². The lowest BCUT2D eigenvalue weighted by Crippen LogP contribution is -1.95. The molecule has 0 amide bonds. The highest BCUT2D eigenvalue weighted by Crippen LogP contribution is 2.26. The van der Waals surface area contributed by atoms with Crippen LogP contribution in [0.4, 0.5) is 0 Å². The maximum absolute atomic E-state index is 12.1. The lowest BCUT2D eigenvalue weighted by atomic mass is 10.1. The molecule has 0 aliphatic carbocycles. The normalized spacial score (nSPS) is 11.3. The van der Waals surface area contributed by atoms with Crippen molar-refractivity contribution in [1.82, 2.24) is 0 Å². The molecule has 0 saturated heterocycles. The van der Waals surface area contributed by atoms with Crippen LogP contribution < -0.4 is 4.74 Å². The summed E-state index contributed by atoms with van der Waals surface area (Å²) in [6, 6.07) is 21.1. The van der Waals surface area contributed by atoms with E-state index in [0.29, 0.717) is 22.2 Å². The molecule has 0 atom stereocenters. The largest absolute Gasteiger partial charge is 0.489 e. The number of ether oxygens (including phenoxy) is 1. The second-order valence-corrected chi connectivity index (χ2v) is 7.34. The van der Waals surface area contributed by atoms with Crippen LogP contribution >= 0.6 is 23.2 Å². The number of carbonyl (C=O) groups is 1. The topological polar surface area (TPSA) is 26.3 Å². The van der Waals surface area contributed by atoms with E-state index < -0.39 is 0 Å². The van der Waals surface area contributed by atoms with Crippen molar-refractivity contribution in [3.63, 3.8) is 0 Å². The zero-order valence-corrected chi connectivity index (χ0v) is 17.5. The number of hydrogen-bond acceptors (Lipinski definition) is 2. The van der Waals surface area contributed by atoms with Crippen molar-refractivity contribution in [2.45, 2.75) is 13.5 Å². The molecule has 0 radical (unpaired) electrons. The van der Waals surface area contributed by atoms with Crippen LogP contribution in [0.3, 0.4) is 0 Å². The van der Waals surface area contributed by atoms with E-state index >= 15 is 0 Å². The van der Waals surface area contributed by atoms with Gasteiger partial charge in [0.05, 0.1) is 10.0 Å². The van der Waals surface area contributed by atoms with Gasteiger partial charge in [0.2, 0.25) is 0 Å². The highest BCUT2D eigenvalue weighted by Gasteiger charge is 2.01. The van der Waals surface area contributed by atoms with Crippen LogP contribution in [-0.2, 0) is 11.4 Å². The van der Waals surface area contributed by atoms with Crippen LogP contribution in [0.25, 0.3) is 12.2 Å². The van der Waals surface area contributed by atoms with Gasteiger partial charge in [-0.25, -0.2) is 0 Å². The maximum atomic E-state index is 12.1. The molecule has 0 bridgehead atoms. The summed E-state index contributed by atoms with van der Waals surface area (Å²) in [5.74, 6) is 0.644. The summed E-state index contributed by atoms with van der Waals surface area (Å²) in [6.45, 7) is 2.58. The molecule has 0 unspecified atom stereocenters. The highest BCUT2D eigenvalue weighted by atomic mass is 35.5. The second kappa shape index (κ2) is 10.1. The monoisotopic (exact) mass is 422 g/mol. The Bertz CT molecular complexity index is 1030. The maximum Gasteiger partial charge on any atom is 0.178 e. The third kappa shape index (κ3) is 6.35. The molecule has 0 N–H and O–H groups in total. The van der Waals surface area contributed by atoms with Crippen molar-refractivity contribution in [2.24, 2.45) is 0 Å². The number of benzene rings is 3. The van der Waals surface area contributed by atoms with Crippen LogP contribution in [0.5, 0.6) is 5.75 Å². The smallest absolute Gasteiger partial charge is 0.178 e. The third-order valence-electron chi connectivity index (χ3n) is 4.25. The van der Waals surface area contributed by atoms with Gasteiger partial charge in [-0.05, 0) is 60.0 Å². The molecule has 3 aromatic carbocycles. The predicted molar refractivity (Wildman–Crippen MR) is 121 cm³/mol. The number of hydrogen-bond donors (Lipinski definition) is 0. The number of carbonyl (C=O) groups excluding carboxylic acids is 1. The van der Waals surface area contributed by atoms with E-state index in [0.717, 1.165) is 16.9 Å². The van der Waals surface area contributed by atoms with E-state index in [1.54, 1.807) is 30.4 Å². The molecule has 0 saturated carbocycles. The molecule has 2 nitrogen and oxygen atoms in total. The number of rotatable bonds is 7. The van der Waals surface area contributed by atoms with Gasteiger partial charge < -0.3 is 4.74 Å².